The maximum absolute atomic E-state index is 14.2. The SMILES string of the molecule is CCCS(=O)(=O)Nc1c2c(c(OC(c3ccccc3)c3ccccc3)c3ncccc13)C(=O)N(Cc1ccc(F)cc1)C2. The maximum atomic E-state index is 14.2. The van der Waals surface area contributed by atoms with E-state index in [2.05, 4.69) is 9.71 Å². The van der Waals surface area contributed by atoms with Gasteiger partial charge in [-0.1, -0.05) is 79.7 Å². The molecule has 9 heteroatoms. The number of nitrogens with zero attached hydrogens (tertiary/aromatic N) is 2. The predicted molar refractivity (Wildman–Crippen MR) is 165 cm³/mol. The highest BCUT2D eigenvalue weighted by atomic mass is 32.2. The smallest absolute Gasteiger partial charge is 0.258 e. The van der Waals surface area contributed by atoms with Crippen molar-refractivity contribution in [1.29, 1.82) is 0 Å². The van der Waals surface area contributed by atoms with E-state index in [9.17, 15) is 17.6 Å². The van der Waals surface area contributed by atoms with Crippen LogP contribution >= 0.6 is 0 Å². The molecule has 0 atom stereocenters. The quantitative estimate of drug-likeness (QED) is 0.191. The van der Waals surface area contributed by atoms with Crippen molar-refractivity contribution in [3.63, 3.8) is 0 Å². The van der Waals surface area contributed by atoms with Crippen LogP contribution in [-0.4, -0.2) is 30.0 Å². The Labute approximate surface area is 250 Å². The number of aromatic nitrogens is 1. The van der Waals surface area contributed by atoms with Gasteiger partial charge in [0.25, 0.3) is 5.91 Å². The summed E-state index contributed by atoms with van der Waals surface area (Å²) in [6, 6.07) is 28.9. The third-order valence-corrected chi connectivity index (χ3v) is 8.89. The number of ether oxygens (including phenoxy) is 1. The molecule has 2 heterocycles. The van der Waals surface area contributed by atoms with Crippen LogP contribution in [0.25, 0.3) is 10.9 Å². The topological polar surface area (TPSA) is 88.6 Å². The van der Waals surface area contributed by atoms with Crippen LogP contribution in [0.1, 0.15) is 52.1 Å². The lowest BCUT2D eigenvalue weighted by molar-refractivity contribution is 0.0762. The fourth-order valence-corrected chi connectivity index (χ4v) is 6.67. The first kappa shape index (κ1) is 28.4. The molecule has 0 spiro atoms. The molecular formula is C34H30FN3O4S. The Morgan fingerprint density at radius 1 is 0.930 bits per heavy atom. The minimum atomic E-state index is -3.71. The van der Waals surface area contributed by atoms with E-state index in [1.54, 1.807) is 42.3 Å². The molecule has 0 radical (unpaired) electrons. The molecule has 1 amide bonds. The first-order valence-corrected chi connectivity index (χ1v) is 15.7. The number of rotatable bonds is 10. The number of pyridine rings is 1. The number of sulfonamides is 1. The van der Waals surface area contributed by atoms with Crippen LogP contribution in [0, 0.1) is 5.82 Å². The third kappa shape index (κ3) is 5.81. The van der Waals surface area contributed by atoms with E-state index in [1.807, 2.05) is 60.7 Å². The zero-order valence-electron chi connectivity index (χ0n) is 23.5. The molecular weight excluding hydrogens is 565 g/mol. The minimum Gasteiger partial charge on any atom is -0.478 e. The second-order valence-electron chi connectivity index (χ2n) is 10.5. The average molecular weight is 596 g/mol. The summed E-state index contributed by atoms with van der Waals surface area (Å²) in [7, 11) is -3.71. The van der Waals surface area contributed by atoms with E-state index >= 15 is 0 Å². The van der Waals surface area contributed by atoms with Crippen molar-refractivity contribution in [2.24, 2.45) is 0 Å². The molecule has 218 valence electrons. The average Bonchev–Trinajstić information content (AvgIpc) is 3.34. The van der Waals surface area contributed by atoms with Gasteiger partial charge in [-0.25, -0.2) is 12.8 Å². The van der Waals surface area contributed by atoms with Gasteiger partial charge in [-0.3, -0.25) is 14.5 Å². The second kappa shape index (κ2) is 11.9. The van der Waals surface area contributed by atoms with Gasteiger partial charge in [-0.15, -0.1) is 0 Å². The van der Waals surface area contributed by atoms with Crippen LogP contribution in [0.5, 0.6) is 5.75 Å². The van der Waals surface area contributed by atoms with Crippen LogP contribution in [0.15, 0.2) is 103 Å². The van der Waals surface area contributed by atoms with Crippen LogP contribution in [-0.2, 0) is 23.1 Å². The molecule has 5 aromatic rings. The highest BCUT2D eigenvalue weighted by Crippen LogP contribution is 2.45. The van der Waals surface area contributed by atoms with E-state index in [0.29, 0.717) is 28.6 Å². The van der Waals surface area contributed by atoms with Gasteiger partial charge in [0.1, 0.15) is 17.4 Å². The lowest BCUT2D eigenvalue weighted by Gasteiger charge is -2.24. The molecule has 0 saturated carbocycles. The lowest BCUT2D eigenvalue weighted by atomic mass is 9.99. The predicted octanol–water partition coefficient (Wildman–Crippen LogP) is 6.85. The Bertz CT molecular complexity index is 1840. The summed E-state index contributed by atoms with van der Waals surface area (Å²) in [5.41, 5.74) is 3.99. The first-order valence-electron chi connectivity index (χ1n) is 14.1. The molecule has 6 rings (SSSR count). The first-order chi connectivity index (χ1) is 20.8. The van der Waals surface area contributed by atoms with Crippen molar-refractivity contribution in [2.45, 2.75) is 32.5 Å². The van der Waals surface area contributed by atoms with Gasteiger partial charge in [-0.05, 0) is 47.4 Å². The van der Waals surface area contributed by atoms with E-state index < -0.39 is 16.1 Å². The van der Waals surface area contributed by atoms with Crippen molar-refractivity contribution in [2.75, 3.05) is 10.5 Å². The molecule has 1 aliphatic rings. The lowest BCUT2D eigenvalue weighted by Crippen LogP contribution is -2.23. The molecule has 0 saturated heterocycles. The molecule has 4 aromatic carbocycles. The number of amides is 1. The van der Waals surface area contributed by atoms with E-state index in [1.165, 1.54) is 12.1 Å². The summed E-state index contributed by atoms with van der Waals surface area (Å²) in [4.78, 5) is 20.4. The molecule has 0 bridgehead atoms. The Balaban J connectivity index is 1.54. The highest BCUT2D eigenvalue weighted by molar-refractivity contribution is 7.92. The molecule has 7 nitrogen and oxygen atoms in total. The number of anilines is 1. The van der Waals surface area contributed by atoms with Gasteiger partial charge in [0.2, 0.25) is 10.0 Å². The molecule has 0 fully saturated rings. The number of benzene rings is 4. The van der Waals surface area contributed by atoms with E-state index in [-0.39, 0.29) is 41.9 Å². The molecule has 0 unspecified atom stereocenters. The molecule has 1 aromatic heterocycles. The Kier molecular flexibility index (Phi) is 7.82. The van der Waals surface area contributed by atoms with Crippen LogP contribution < -0.4 is 9.46 Å². The second-order valence-corrected chi connectivity index (χ2v) is 12.3. The van der Waals surface area contributed by atoms with Crippen molar-refractivity contribution < 1.29 is 22.3 Å². The van der Waals surface area contributed by atoms with E-state index in [4.69, 9.17) is 4.74 Å². The number of carbonyl (C=O) groups excluding carboxylic acids is 1. The monoisotopic (exact) mass is 595 g/mol. The summed E-state index contributed by atoms with van der Waals surface area (Å²) >= 11 is 0. The van der Waals surface area contributed by atoms with Crippen molar-refractivity contribution in [3.8, 4) is 5.75 Å². The number of hydrogen-bond donors (Lipinski definition) is 1. The fraction of sp³-hybridized carbons (Fsp3) is 0.176. The van der Waals surface area contributed by atoms with Gasteiger partial charge in [0, 0.05) is 30.2 Å². The third-order valence-electron chi connectivity index (χ3n) is 7.43. The Morgan fingerprint density at radius 3 is 2.21 bits per heavy atom. The summed E-state index contributed by atoms with van der Waals surface area (Å²) in [5.74, 6) is -0.474. The zero-order chi connectivity index (χ0) is 30.0. The summed E-state index contributed by atoms with van der Waals surface area (Å²) in [6.45, 7) is 2.14. The van der Waals surface area contributed by atoms with Gasteiger partial charge >= 0.3 is 0 Å². The fourth-order valence-electron chi connectivity index (χ4n) is 5.48. The van der Waals surface area contributed by atoms with Crippen LogP contribution in [0.2, 0.25) is 0 Å². The standard InChI is InChI=1S/C34H30FN3O4S/c1-2-20-43(40,41)37-30-27-14-9-19-36-31(27)33(42-32(24-10-5-3-6-11-24)25-12-7-4-8-13-25)29-28(30)22-38(34(29)39)21-23-15-17-26(35)18-16-23/h3-19,32,37H,2,20-22H2,1H3. The molecule has 1 N–H and O–H groups in total. The summed E-state index contributed by atoms with van der Waals surface area (Å²) in [5, 5.41) is 0.534. The number of halogens is 1. The number of carbonyl (C=O) groups is 1. The maximum Gasteiger partial charge on any atom is 0.258 e. The highest BCUT2D eigenvalue weighted by Gasteiger charge is 2.37. The molecule has 0 aliphatic carbocycles. The normalized spacial score (nSPS) is 13.0. The largest absolute Gasteiger partial charge is 0.478 e. The van der Waals surface area contributed by atoms with Gasteiger partial charge in [0.15, 0.2) is 5.75 Å². The van der Waals surface area contributed by atoms with Crippen molar-refractivity contribution >= 4 is 32.5 Å². The van der Waals surface area contributed by atoms with Crippen molar-refractivity contribution in [1.82, 2.24) is 9.88 Å². The van der Waals surface area contributed by atoms with Gasteiger partial charge in [-0.2, -0.15) is 0 Å². The summed E-state index contributed by atoms with van der Waals surface area (Å²) < 4.78 is 49.3. The van der Waals surface area contributed by atoms with E-state index in [0.717, 1.165) is 16.7 Å². The zero-order valence-corrected chi connectivity index (χ0v) is 24.4. The van der Waals surface area contributed by atoms with Gasteiger partial charge < -0.3 is 9.64 Å². The summed E-state index contributed by atoms with van der Waals surface area (Å²) in [6.07, 6.45) is 1.46. The molecule has 1 aliphatic heterocycles. The molecule has 43 heavy (non-hydrogen) atoms. The number of hydrogen-bond acceptors (Lipinski definition) is 5. The minimum absolute atomic E-state index is 0.0703. The van der Waals surface area contributed by atoms with Crippen LogP contribution in [0.4, 0.5) is 10.1 Å². The number of fused-ring (bicyclic) bond motifs is 2. The Morgan fingerprint density at radius 2 is 1.58 bits per heavy atom. The van der Waals surface area contributed by atoms with Gasteiger partial charge in [0.05, 0.1) is 17.0 Å². The van der Waals surface area contributed by atoms with Crippen LogP contribution in [0.3, 0.4) is 0 Å². The number of nitrogens with one attached hydrogen (secondary N) is 1. The van der Waals surface area contributed by atoms with Crippen molar-refractivity contribution in [3.05, 3.63) is 137 Å². The Hall–Kier alpha value is -4.76.